The predicted octanol–water partition coefficient (Wildman–Crippen LogP) is 1.94. The van der Waals surface area contributed by atoms with Gasteiger partial charge in [0.05, 0.1) is 7.14 Å². The van der Waals surface area contributed by atoms with Gasteiger partial charge in [0.15, 0.2) is 0 Å². The minimum Gasteiger partial charge on any atom is -0.323 e. The van der Waals surface area contributed by atoms with Gasteiger partial charge in [0.2, 0.25) is 0 Å². The van der Waals surface area contributed by atoms with Gasteiger partial charge in [0.25, 0.3) is 0 Å². The van der Waals surface area contributed by atoms with Crippen LogP contribution < -0.4 is 0 Å². The zero-order valence-electron chi connectivity index (χ0n) is 6.35. The Morgan fingerprint density at radius 3 is 2.40 bits per heavy atom. The predicted molar refractivity (Wildman–Crippen MR) is 44.8 cm³/mol. The maximum atomic E-state index is 11.5. The summed E-state index contributed by atoms with van der Waals surface area (Å²) in [4.78, 5) is 0. The third-order valence-electron chi connectivity index (χ3n) is 1.75. The molecule has 0 fully saturated rings. The van der Waals surface area contributed by atoms with Crippen LogP contribution in [0.2, 0.25) is 0 Å². The average Bonchev–Trinajstić information content (AvgIpc) is 2.05. The summed E-state index contributed by atoms with van der Waals surface area (Å²) in [6.07, 6.45) is 6.59. The molecule has 1 aliphatic heterocycles. The molecule has 1 nitrogen and oxygen atoms in total. The van der Waals surface area contributed by atoms with Crippen LogP contribution in [0.4, 0.5) is 0 Å². The molecule has 0 aromatic rings. The van der Waals surface area contributed by atoms with Gasteiger partial charge in [-0.25, -0.2) is 0 Å². The zero-order valence-corrected chi connectivity index (χ0v) is 7.24. The first-order valence-corrected chi connectivity index (χ1v) is 5.78. The summed E-state index contributed by atoms with van der Waals surface area (Å²) in [5.41, 5.74) is 2.11. The van der Waals surface area contributed by atoms with Crippen molar-refractivity contribution in [3.05, 3.63) is 11.1 Å². The maximum Gasteiger partial charge on any atom is 0.0935 e. The largest absolute Gasteiger partial charge is 0.323 e. The topological polar surface area (TPSA) is 17.1 Å². The van der Waals surface area contributed by atoms with Crippen molar-refractivity contribution in [3.8, 4) is 12.3 Å². The Labute approximate surface area is 61.9 Å². The number of hydrogen-bond acceptors (Lipinski definition) is 1. The van der Waals surface area contributed by atoms with Gasteiger partial charge < -0.3 is 4.57 Å². The summed E-state index contributed by atoms with van der Waals surface area (Å²) in [5.74, 6) is 2.58. The number of hydrogen-bond donors (Lipinski definition) is 0. The van der Waals surface area contributed by atoms with E-state index >= 15 is 0 Å². The number of rotatable bonds is 0. The summed E-state index contributed by atoms with van der Waals surface area (Å²) in [6.45, 7) is 3.79. The van der Waals surface area contributed by atoms with E-state index in [-0.39, 0.29) is 0 Å². The van der Waals surface area contributed by atoms with Gasteiger partial charge in [-0.3, -0.25) is 0 Å². The van der Waals surface area contributed by atoms with E-state index in [1.165, 1.54) is 0 Å². The molecule has 0 saturated carbocycles. The Balaban J connectivity index is 2.91. The van der Waals surface area contributed by atoms with Crippen molar-refractivity contribution in [1.29, 1.82) is 0 Å². The fourth-order valence-electron chi connectivity index (χ4n) is 1.29. The molecule has 0 aliphatic carbocycles. The van der Waals surface area contributed by atoms with Gasteiger partial charge in [0, 0.05) is 17.9 Å². The van der Waals surface area contributed by atoms with E-state index in [1.807, 2.05) is 13.6 Å². The van der Waals surface area contributed by atoms with Gasteiger partial charge in [-0.2, -0.15) is 0 Å². The van der Waals surface area contributed by atoms with E-state index in [0.717, 1.165) is 17.3 Å². The Hall–Kier alpha value is -0.470. The molecule has 1 aliphatic rings. The monoisotopic (exact) mass is 154 g/mol. The first kappa shape index (κ1) is 7.63. The molecule has 54 valence electrons. The molecular formula is C8H11OP. The van der Waals surface area contributed by atoms with Crippen LogP contribution in [0.5, 0.6) is 0 Å². The standard InChI is InChI=1S/C8H11OP/c1-4-8-6-10(3,9)5-7(8)2/h1H,5-6H2,2-3H3. The zero-order chi connectivity index (χ0) is 7.78. The lowest BCUT2D eigenvalue weighted by molar-refractivity contribution is 0.583. The van der Waals surface area contributed by atoms with Crippen molar-refractivity contribution in [2.75, 3.05) is 19.0 Å². The highest BCUT2D eigenvalue weighted by atomic mass is 31.2. The fraction of sp³-hybridized carbons (Fsp3) is 0.500. The fourth-order valence-corrected chi connectivity index (χ4v) is 3.63. The summed E-state index contributed by atoms with van der Waals surface area (Å²) in [5, 5.41) is 0. The van der Waals surface area contributed by atoms with Crippen molar-refractivity contribution in [1.82, 2.24) is 0 Å². The van der Waals surface area contributed by atoms with Crippen molar-refractivity contribution in [2.24, 2.45) is 0 Å². The van der Waals surface area contributed by atoms with Crippen molar-refractivity contribution < 1.29 is 4.57 Å². The average molecular weight is 154 g/mol. The first-order valence-electron chi connectivity index (χ1n) is 3.26. The Morgan fingerprint density at radius 1 is 1.60 bits per heavy atom. The molecule has 0 spiro atoms. The summed E-state index contributed by atoms with van der Waals surface area (Å²) < 4.78 is 11.5. The summed E-state index contributed by atoms with van der Waals surface area (Å²) in [7, 11) is -1.89. The summed E-state index contributed by atoms with van der Waals surface area (Å²) in [6, 6.07) is 0. The third kappa shape index (κ3) is 1.33. The molecule has 0 N–H and O–H groups in total. The Bertz CT molecular complexity index is 267. The van der Waals surface area contributed by atoms with Crippen LogP contribution in [0.25, 0.3) is 0 Å². The number of allylic oxidation sites excluding steroid dienone is 2. The van der Waals surface area contributed by atoms with E-state index in [9.17, 15) is 4.57 Å². The quantitative estimate of drug-likeness (QED) is 0.385. The van der Waals surface area contributed by atoms with Crippen molar-refractivity contribution in [3.63, 3.8) is 0 Å². The highest BCUT2D eigenvalue weighted by Gasteiger charge is 2.25. The van der Waals surface area contributed by atoms with Gasteiger partial charge in [-0.15, -0.1) is 6.42 Å². The highest BCUT2D eigenvalue weighted by molar-refractivity contribution is 7.64. The lowest BCUT2D eigenvalue weighted by Gasteiger charge is -1.99. The van der Waals surface area contributed by atoms with E-state index < -0.39 is 7.14 Å². The first-order chi connectivity index (χ1) is 4.55. The van der Waals surface area contributed by atoms with Crippen LogP contribution in [0, 0.1) is 12.3 Å². The normalized spacial score (nSPS) is 32.5. The molecule has 0 radical (unpaired) electrons. The van der Waals surface area contributed by atoms with Gasteiger partial charge >= 0.3 is 0 Å². The van der Waals surface area contributed by atoms with E-state index in [2.05, 4.69) is 5.92 Å². The molecule has 1 atom stereocenters. The molecule has 1 rings (SSSR count). The van der Waals surface area contributed by atoms with Gasteiger partial charge in [0.1, 0.15) is 0 Å². The third-order valence-corrected chi connectivity index (χ3v) is 3.88. The van der Waals surface area contributed by atoms with E-state index in [4.69, 9.17) is 6.42 Å². The van der Waals surface area contributed by atoms with Crippen LogP contribution >= 0.6 is 7.14 Å². The lowest BCUT2D eigenvalue weighted by atomic mass is 10.2. The van der Waals surface area contributed by atoms with Crippen LogP contribution in [-0.2, 0) is 4.57 Å². The Kier molecular flexibility index (Phi) is 1.75. The molecule has 0 bridgehead atoms. The maximum absolute atomic E-state index is 11.5. The smallest absolute Gasteiger partial charge is 0.0935 e. The minimum atomic E-state index is -1.89. The van der Waals surface area contributed by atoms with E-state index in [1.54, 1.807) is 0 Å². The molecule has 0 aromatic heterocycles. The molecule has 2 heteroatoms. The second kappa shape index (κ2) is 2.29. The lowest BCUT2D eigenvalue weighted by Crippen LogP contribution is -1.82. The van der Waals surface area contributed by atoms with Crippen molar-refractivity contribution in [2.45, 2.75) is 6.92 Å². The van der Waals surface area contributed by atoms with Crippen molar-refractivity contribution >= 4 is 7.14 Å². The number of terminal acetylenes is 1. The van der Waals surface area contributed by atoms with Crippen LogP contribution in [0.3, 0.4) is 0 Å². The van der Waals surface area contributed by atoms with Crippen LogP contribution in [0.15, 0.2) is 11.1 Å². The molecule has 1 unspecified atom stereocenters. The Morgan fingerprint density at radius 2 is 2.20 bits per heavy atom. The second-order valence-corrected chi connectivity index (χ2v) is 6.24. The van der Waals surface area contributed by atoms with Crippen LogP contribution in [-0.4, -0.2) is 19.0 Å². The molecule has 10 heavy (non-hydrogen) atoms. The minimum absolute atomic E-state index is 0.648. The van der Waals surface area contributed by atoms with E-state index in [0.29, 0.717) is 6.16 Å². The molecular weight excluding hydrogens is 143 g/mol. The highest BCUT2D eigenvalue weighted by Crippen LogP contribution is 2.50. The second-order valence-electron chi connectivity index (χ2n) is 3.02. The SMILES string of the molecule is C#CC1=C(C)CP(C)(=O)C1. The molecule has 0 saturated heterocycles. The molecule has 0 amide bonds. The van der Waals surface area contributed by atoms with Crippen LogP contribution in [0.1, 0.15) is 6.92 Å². The molecule has 1 heterocycles. The summed E-state index contributed by atoms with van der Waals surface area (Å²) >= 11 is 0. The van der Waals surface area contributed by atoms with Gasteiger partial charge in [-0.05, 0) is 13.6 Å². The molecule has 0 aromatic carbocycles. The van der Waals surface area contributed by atoms with Gasteiger partial charge in [-0.1, -0.05) is 11.5 Å².